The zero-order valence-electron chi connectivity index (χ0n) is 10.2. The fourth-order valence-electron chi connectivity index (χ4n) is 1.90. The summed E-state index contributed by atoms with van der Waals surface area (Å²) in [5.41, 5.74) is 1.04. The summed E-state index contributed by atoms with van der Waals surface area (Å²) in [7, 11) is 0. The number of carboxylic acid groups (broad SMARTS) is 1. The van der Waals surface area contributed by atoms with Crippen LogP contribution < -0.4 is 0 Å². The Balaban J connectivity index is 2.79. The summed E-state index contributed by atoms with van der Waals surface area (Å²) in [6, 6.07) is 7.10. The molecule has 0 aliphatic carbocycles. The molecule has 4 heteroatoms. The smallest absolute Gasteiger partial charge is 0.320 e. The molecule has 1 atom stereocenters. The van der Waals surface area contributed by atoms with Gasteiger partial charge in [0, 0.05) is 11.6 Å². The first-order valence-electron chi connectivity index (χ1n) is 5.79. The molecule has 0 aromatic heterocycles. The normalized spacial score (nSPS) is 12.7. The van der Waals surface area contributed by atoms with Crippen molar-refractivity contribution in [1.82, 2.24) is 4.90 Å². The molecular formula is C13H18ClNO2. The maximum atomic E-state index is 11.1. The van der Waals surface area contributed by atoms with Crippen LogP contribution in [0.1, 0.15) is 25.8 Å². The molecule has 3 nitrogen and oxygen atoms in total. The van der Waals surface area contributed by atoms with Crippen molar-refractivity contribution in [3.8, 4) is 0 Å². The Morgan fingerprint density at radius 1 is 1.47 bits per heavy atom. The second-order valence-electron chi connectivity index (χ2n) is 3.96. The maximum absolute atomic E-state index is 11.1. The van der Waals surface area contributed by atoms with Gasteiger partial charge in [0.05, 0.1) is 0 Å². The number of nitrogens with zero attached hydrogens (tertiary/aromatic N) is 1. The number of likely N-dealkylation sites (N-methyl/N-ethyl adjacent to an activating group) is 1. The van der Waals surface area contributed by atoms with Crippen molar-refractivity contribution in [2.24, 2.45) is 0 Å². The van der Waals surface area contributed by atoms with Crippen molar-refractivity contribution < 1.29 is 9.90 Å². The zero-order chi connectivity index (χ0) is 12.8. The lowest BCUT2D eigenvalue weighted by molar-refractivity contribution is -0.143. The van der Waals surface area contributed by atoms with Crippen LogP contribution in [0.25, 0.3) is 0 Å². The van der Waals surface area contributed by atoms with Crippen molar-refractivity contribution >= 4 is 17.6 Å². The van der Waals surface area contributed by atoms with E-state index < -0.39 is 12.0 Å². The highest BCUT2D eigenvalue weighted by Gasteiger charge is 2.22. The van der Waals surface area contributed by atoms with Crippen molar-refractivity contribution in [2.45, 2.75) is 32.9 Å². The van der Waals surface area contributed by atoms with E-state index in [0.29, 0.717) is 24.5 Å². The van der Waals surface area contributed by atoms with E-state index in [9.17, 15) is 4.79 Å². The van der Waals surface area contributed by atoms with E-state index in [0.717, 1.165) is 5.56 Å². The lowest BCUT2D eigenvalue weighted by Crippen LogP contribution is -2.40. The average Bonchev–Trinajstić information content (AvgIpc) is 2.28. The second kappa shape index (κ2) is 6.62. The monoisotopic (exact) mass is 255 g/mol. The Bertz CT molecular complexity index is 381. The van der Waals surface area contributed by atoms with Crippen LogP contribution in [0.4, 0.5) is 0 Å². The molecule has 0 fully saturated rings. The lowest BCUT2D eigenvalue weighted by atomic mass is 10.1. The summed E-state index contributed by atoms with van der Waals surface area (Å²) >= 11 is 5.91. The van der Waals surface area contributed by atoms with E-state index in [1.807, 2.05) is 43.0 Å². The molecule has 0 radical (unpaired) electrons. The fraction of sp³-hybridized carbons (Fsp3) is 0.462. The molecule has 0 amide bonds. The summed E-state index contributed by atoms with van der Waals surface area (Å²) < 4.78 is 0. The van der Waals surface area contributed by atoms with Gasteiger partial charge in [-0.15, -0.1) is 0 Å². The quantitative estimate of drug-likeness (QED) is 0.850. The highest BCUT2D eigenvalue weighted by molar-refractivity contribution is 6.30. The molecule has 0 bridgehead atoms. The van der Waals surface area contributed by atoms with Gasteiger partial charge in [-0.1, -0.05) is 37.6 Å². The molecule has 0 heterocycles. The Labute approximate surface area is 107 Å². The molecule has 1 N–H and O–H groups in total. The summed E-state index contributed by atoms with van der Waals surface area (Å²) in [5, 5.41) is 9.82. The Kier molecular flexibility index (Phi) is 5.45. The number of hydrogen-bond acceptors (Lipinski definition) is 2. The van der Waals surface area contributed by atoms with Crippen LogP contribution in [-0.2, 0) is 11.3 Å². The lowest BCUT2D eigenvalue weighted by Gasteiger charge is -2.26. The molecule has 1 aromatic carbocycles. The van der Waals surface area contributed by atoms with E-state index >= 15 is 0 Å². The molecule has 1 unspecified atom stereocenters. The van der Waals surface area contributed by atoms with Crippen LogP contribution in [0.15, 0.2) is 24.3 Å². The molecular weight excluding hydrogens is 238 g/mol. The highest BCUT2D eigenvalue weighted by Crippen LogP contribution is 2.15. The van der Waals surface area contributed by atoms with Crippen LogP contribution in [0, 0.1) is 0 Å². The first-order chi connectivity index (χ1) is 8.08. The van der Waals surface area contributed by atoms with E-state index in [4.69, 9.17) is 16.7 Å². The summed E-state index contributed by atoms with van der Waals surface area (Å²) in [6.07, 6.45) is 0.601. The van der Waals surface area contributed by atoms with Crippen LogP contribution in [0.3, 0.4) is 0 Å². The second-order valence-corrected chi connectivity index (χ2v) is 4.39. The van der Waals surface area contributed by atoms with Crippen LogP contribution in [0.5, 0.6) is 0 Å². The minimum atomic E-state index is -0.767. The van der Waals surface area contributed by atoms with Crippen LogP contribution >= 0.6 is 11.6 Å². The van der Waals surface area contributed by atoms with Crippen molar-refractivity contribution in [3.05, 3.63) is 34.9 Å². The van der Waals surface area contributed by atoms with Gasteiger partial charge in [0.15, 0.2) is 0 Å². The third-order valence-electron chi connectivity index (χ3n) is 2.79. The van der Waals surface area contributed by atoms with E-state index in [1.165, 1.54) is 0 Å². The number of halogens is 1. The van der Waals surface area contributed by atoms with Crippen molar-refractivity contribution in [3.63, 3.8) is 0 Å². The third-order valence-corrected chi connectivity index (χ3v) is 3.03. The topological polar surface area (TPSA) is 40.5 Å². The molecule has 1 aromatic rings. The molecule has 0 spiro atoms. The number of rotatable bonds is 6. The molecule has 0 saturated heterocycles. The van der Waals surface area contributed by atoms with Gasteiger partial charge in [0.1, 0.15) is 6.04 Å². The van der Waals surface area contributed by atoms with E-state index in [2.05, 4.69) is 0 Å². The van der Waals surface area contributed by atoms with Gasteiger partial charge < -0.3 is 5.11 Å². The number of carbonyl (C=O) groups is 1. The predicted molar refractivity (Wildman–Crippen MR) is 69.3 cm³/mol. The third kappa shape index (κ3) is 4.02. The number of benzene rings is 1. The highest BCUT2D eigenvalue weighted by atomic mass is 35.5. The minimum absolute atomic E-state index is 0.431. The van der Waals surface area contributed by atoms with E-state index in [-0.39, 0.29) is 0 Å². The fourth-order valence-corrected chi connectivity index (χ4v) is 2.11. The Hall–Kier alpha value is -1.06. The SMILES string of the molecule is CCC(C(=O)O)N(CC)Cc1cccc(Cl)c1. The summed E-state index contributed by atoms with van der Waals surface area (Å²) in [4.78, 5) is 13.1. The standard InChI is InChI=1S/C13H18ClNO2/c1-3-12(13(16)17)15(4-2)9-10-6-5-7-11(14)8-10/h5-8,12H,3-4,9H2,1-2H3,(H,16,17). The van der Waals surface area contributed by atoms with Crippen molar-refractivity contribution in [1.29, 1.82) is 0 Å². The largest absolute Gasteiger partial charge is 0.480 e. The molecule has 0 aliphatic rings. The average molecular weight is 256 g/mol. The van der Waals surface area contributed by atoms with Gasteiger partial charge in [0.25, 0.3) is 0 Å². The Morgan fingerprint density at radius 2 is 2.18 bits per heavy atom. The van der Waals surface area contributed by atoms with Gasteiger partial charge >= 0.3 is 5.97 Å². The summed E-state index contributed by atoms with van der Waals surface area (Å²) in [6.45, 7) is 5.18. The molecule has 17 heavy (non-hydrogen) atoms. The molecule has 94 valence electrons. The number of hydrogen-bond donors (Lipinski definition) is 1. The van der Waals surface area contributed by atoms with Gasteiger partial charge in [-0.05, 0) is 30.7 Å². The van der Waals surface area contributed by atoms with Crippen LogP contribution in [-0.4, -0.2) is 28.6 Å². The number of aliphatic carboxylic acids is 1. The summed E-state index contributed by atoms with van der Waals surface area (Å²) in [5.74, 6) is -0.767. The number of carboxylic acids is 1. The Morgan fingerprint density at radius 3 is 2.65 bits per heavy atom. The van der Waals surface area contributed by atoms with Crippen molar-refractivity contribution in [2.75, 3.05) is 6.54 Å². The van der Waals surface area contributed by atoms with Gasteiger partial charge in [-0.3, -0.25) is 9.69 Å². The van der Waals surface area contributed by atoms with Gasteiger partial charge in [-0.2, -0.15) is 0 Å². The minimum Gasteiger partial charge on any atom is -0.480 e. The predicted octanol–water partition coefficient (Wildman–Crippen LogP) is 3.03. The molecule has 0 aliphatic heterocycles. The maximum Gasteiger partial charge on any atom is 0.320 e. The molecule has 0 saturated carbocycles. The van der Waals surface area contributed by atoms with Gasteiger partial charge in [0.2, 0.25) is 0 Å². The van der Waals surface area contributed by atoms with E-state index in [1.54, 1.807) is 0 Å². The molecule has 1 rings (SSSR count). The first kappa shape index (κ1) is 14.0. The van der Waals surface area contributed by atoms with Crippen LogP contribution in [0.2, 0.25) is 5.02 Å². The zero-order valence-corrected chi connectivity index (χ0v) is 10.9. The van der Waals surface area contributed by atoms with Gasteiger partial charge in [-0.25, -0.2) is 0 Å². The first-order valence-corrected chi connectivity index (χ1v) is 6.17.